The third-order valence-corrected chi connectivity index (χ3v) is 5.59. The molecule has 0 spiro atoms. The molecule has 136 valence electrons. The van der Waals surface area contributed by atoms with Crippen LogP contribution in [0, 0.1) is 11.7 Å². The molecule has 2 aliphatic heterocycles. The molecule has 0 saturated carbocycles. The molecule has 2 heterocycles. The molecule has 0 aliphatic carbocycles. The van der Waals surface area contributed by atoms with Crippen LogP contribution in [0.2, 0.25) is 0 Å². The fourth-order valence-corrected chi connectivity index (χ4v) is 4.24. The van der Waals surface area contributed by atoms with Crippen LogP contribution in [-0.2, 0) is 24.3 Å². The van der Waals surface area contributed by atoms with Gasteiger partial charge in [-0.15, -0.1) is 0 Å². The number of nitrogens with zero attached hydrogens (tertiary/aromatic N) is 2. The van der Waals surface area contributed by atoms with Gasteiger partial charge in [-0.1, -0.05) is 36.4 Å². The molecule has 1 atom stereocenters. The molecular weight excluding hydrogens is 327 g/mol. The number of fused-ring (bicyclic) bond motifs is 1. The summed E-state index contributed by atoms with van der Waals surface area (Å²) in [5.74, 6) is 0.144. The van der Waals surface area contributed by atoms with E-state index in [9.17, 15) is 9.18 Å². The smallest absolute Gasteiger partial charge is 0.227 e. The van der Waals surface area contributed by atoms with E-state index >= 15 is 0 Å². The molecule has 0 aromatic heterocycles. The fraction of sp³-hybridized carbons (Fsp3) is 0.409. The molecule has 1 fully saturated rings. The lowest BCUT2D eigenvalue weighted by atomic mass is 9.93. The van der Waals surface area contributed by atoms with Crippen LogP contribution in [0.15, 0.2) is 48.5 Å². The van der Waals surface area contributed by atoms with Crippen molar-refractivity contribution in [2.24, 2.45) is 5.92 Å². The van der Waals surface area contributed by atoms with Crippen LogP contribution in [-0.4, -0.2) is 35.3 Å². The van der Waals surface area contributed by atoms with Crippen LogP contribution in [0.1, 0.15) is 29.5 Å². The Morgan fingerprint density at radius 1 is 1.08 bits per heavy atom. The van der Waals surface area contributed by atoms with Crippen LogP contribution in [0.25, 0.3) is 0 Å². The maximum absolute atomic E-state index is 13.4. The molecule has 26 heavy (non-hydrogen) atoms. The largest absolute Gasteiger partial charge is 0.338 e. The van der Waals surface area contributed by atoms with Crippen LogP contribution >= 0.6 is 0 Å². The Hall–Kier alpha value is -2.20. The first-order valence-corrected chi connectivity index (χ1v) is 9.51. The lowest BCUT2D eigenvalue weighted by molar-refractivity contribution is -0.138. The standard InChI is InChI=1S/C22H25FN2O/c23-21-9-3-5-17(13-21)14-24-11-4-8-20(15-24)22(26)25-12-10-18-6-1-2-7-19(18)16-25/h1-3,5-7,9,13,20H,4,8,10-12,14-16H2/t20-/m0/s1. The van der Waals surface area contributed by atoms with E-state index in [2.05, 4.69) is 23.1 Å². The summed E-state index contributed by atoms with van der Waals surface area (Å²) in [6.45, 7) is 4.01. The summed E-state index contributed by atoms with van der Waals surface area (Å²) in [7, 11) is 0. The third kappa shape index (κ3) is 3.80. The summed E-state index contributed by atoms with van der Waals surface area (Å²) in [5.41, 5.74) is 3.62. The summed E-state index contributed by atoms with van der Waals surface area (Å²) in [4.78, 5) is 17.4. The number of hydrogen-bond donors (Lipinski definition) is 0. The Labute approximate surface area is 154 Å². The van der Waals surface area contributed by atoms with Crippen LogP contribution < -0.4 is 0 Å². The number of benzene rings is 2. The number of halogens is 1. The van der Waals surface area contributed by atoms with Crippen molar-refractivity contribution in [2.75, 3.05) is 19.6 Å². The van der Waals surface area contributed by atoms with Gasteiger partial charge in [0.05, 0.1) is 5.92 Å². The maximum atomic E-state index is 13.4. The van der Waals surface area contributed by atoms with Crippen LogP contribution in [0.5, 0.6) is 0 Å². The summed E-state index contributed by atoms with van der Waals surface area (Å²) in [6, 6.07) is 15.2. The molecule has 1 saturated heterocycles. The SMILES string of the molecule is O=C([C@H]1CCCN(Cc2cccc(F)c2)C1)N1CCc2ccccc2C1. The number of rotatable bonds is 3. The van der Waals surface area contributed by atoms with Crippen molar-refractivity contribution in [2.45, 2.75) is 32.4 Å². The van der Waals surface area contributed by atoms with Gasteiger partial charge in [0.25, 0.3) is 0 Å². The van der Waals surface area contributed by atoms with E-state index in [4.69, 9.17) is 0 Å². The van der Waals surface area contributed by atoms with Crippen LogP contribution in [0.3, 0.4) is 0 Å². The highest BCUT2D eigenvalue weighted by Gasteiger charge is 2.30. The topological polar surface area (TPSA) is 23.6 Å². The zero-order valence-electron chi connectivity index (χ0n) is 15.0. The fourth-order valence-electron chi connectivity index (χ4n) is 4.24. The lowest BCUT2D eigenvalue weighted by Gasteiger charge is -2.36. The van der Waals surface area contributed by atoms with Gasteiger partial charge in [0.1, 0.15) is 5.82 Å². The second kappa shape index (κ2) is 7.58. The average molecular weight is 352 g/mol. The molecule has 4 heteroatoms. The minimum absolute atomic E-state index is 0.0579. The number of piperidine rings is 1. The van der Waals surface area contributed by atoms with Crippen molar-refractivity contribution in [1.29, 1.82) is 0 Å². The molecule has 3 nitrogen and oxygen atoms in total. The molecule has 1 amide bonds. The Morgan fingerprint density at radius 3 is 2.77 bits per heavy atom. The van der Waals surface area contributed by atoms with Gasteiger partial charge in [0, 0.05) is 26.2 Å². The highest BCUT2D eigenvalue weighted by molar-refractivity contribution is 5.79. The number of hydrogen-bond acceptors (Lipinski definition) is 2. The highest BCUT2D eigenvalue weighted by Crippen LogP contribution is 2.25. The molecule has 2 aromatic rings. The van der Waals surface area contributed by atoms with Crippen LogP contribution in [0.4, 0.5) is 4.39 Å². The molecule has 4 rings (SSSR count). The number of carbonyl (C=O) groups is 1. The van der Waals surface area contributed by atoms with E-state index in [-0.39, 0.29) is 17.6 Å². The number of carbonyl (C=O) groups excluding carboxylic acids is 1. The Kier molecular flexibility index (Phi) is 5.02. The Morgan fingerprint density at radius 2 is 1.92 bits per heavy atom. The molecule has 0 bridgehead atoms. The monoisotopic (exact) mass is 352 g/mol. The molecule has 0 radical (unpaired) electrons. The van der Waals surface area contributed by atoms with Crippen molar-refractivity contribution < 1.29 is 9.18 Å². The van der Waals surface area contributed by atoms with Crippen molar-refractivity contribution in [3.05, 3.63) is 71.0 Å². The van der Waals surface area contributed by atoms with E-state index in [1.165, 1.54) is 17.2 Å². The van der Waals surface area contributed by atoms with E-state index in [1.54, 1.807) is 12.1 Å². The zero-order chi connectivity index (χ0) is 17.9. The van der Waals surface area contributed by atoms with E-state index < -0.39 is 0 Å². The van der Waals surface area contributed by atoms with Crippen molar-refractivity contribution >= 4 is 5.91 Å². The van der Waals surface area contributed by atoms with Crippen molar-refractivity contribution in [3.8, 4) is 0 Å². The molecule has 0 unspecified atom stereocenters. The summed E-state index contributed by atoms with van der Waals surface area (Å²) in [6.07, 6.45) is 2.93. The van der Waals surface area contributed by atoms with Gasteiger partial charge in [0.2, 0.25) is 5.91 Å². The van der Waals surface area contributed by atoms with E-state index in [1.807, 2.05) is 17.0 Å². The second-order valence-electron chi connectivity index (χ2n) is 7.48. The summed E-state index contributed by atoms with van der Waals surface area (Å²) in [5, 5.41) is 0. The summed E-state index contributed by atoms with van der Waals surface area (Å²) < 4.78 is 13.4. The normalized spacial score (nSPS) is 20.7. The van der Waals surface area contributed by atoms with Gasteiger partial charge < -0.3 is 4.90 Å². The zero-order valence-corrected chi connectivity index (χ0v) is 15.0. The molecule has 0 N–H and O–H groups in total. The van der Waals surface area contributed by atoms with Gasteiger partial charge in [-0.2, -0.15) is 0 Å². The van der Waals surface area contributed by atoms with Gasteiger partial charge in [-0.3, -0.25) is 9.69 Å². The van der Waals surface area contributed by atoms with Gasteiger partial charge in [0.15, 0.2) is 0 Å². The molecule has 2 aromatic carbocycles. The number of amides is 1. The van der Waals surface area contributed by atoms with Crippen molar-refractivity contribution in [1.82, 2.24) is 9.80 Å². The predicted molar refractivity (Wildman–Crippen MR) is 100.0 cm³/mol. The van der Waals surface area contributed by atoms with Gasteiger partial charge in [-0.25, -0.2) is 4.39 Å². The first-order valence-electron chi connectivity index (χ1n) is 9.51. The third-order valence-electron chi connectivity index (χ3n) is 5.59. The quantitative estimate of drug-likeness (QED) is 0.842. The lowest BCUT2D eigenvalue weighted by Crippen LogP contribution is -2.46. The van der Waals surface area contributed by atoms with Gasteiger partial charge in [-0.05, 0) is 54.6 Å². The molecule has 2 aliphatic rings. The van der Waals surface area contributed by atoms with E-state index in [0.29, 0.717) is 6.54 Å². The first-order chi connectivity index (χ1) is 12.7. The minimum Gasteiger partial charge on any atom is -0.338 e. The Balaban J connectivity index is 1.39. The summed E-state index contributed by atoms with van der Waals surface area (Å²) >= 11 is 0. The first kappa shape index (κ1) is 17.2. The Bertz CT molecular complexity index is 791. The second-order valence-corrected chi connectivity index (χ2v) is 7.48. The van der Waals surface area contributed by atoms with E-state index in [0.717, 1.165) is 51.0 Å². The molecular formula is C22H25FN2O. The maximum Gasteiger partial charge on any atom is 0.227 e. The average Bonchev–Trinajstić information content (AvgIpc) is 2.67. The number of likely N-dealkylation sites (tertiary alicyclic amines) is 1. The van der Waals surface area contributed by atoms with Gasteiger partial charge >= 0.3 is 0 Å². The minimum atomic E-state index is -0.195. The highest BCUT2D eigenvalue weighted by atomic mass is 19.1. The van der Waals surface area contributed by atoms with Crippen molar-refractivity contribution in [3.63, 3.8) is 0 Å². The predicted octanol–water partition coefficient (Wildman–Crippen LogP) is 3.62.